The van der Waals surface area contributed by atoms with Gasteiger partial charge in [0.15, 0.2) is 12.4 Å². The Balaban J connectivity index is 1.70. The van der Waals surface area contributed by atoms with Crippen molar-refractivity contribution in [1.82, 2.24) is 15.5 Å². The second kappa shape index (κ2) is 7.34. The van der Waals surface area contributed by atoms with Gasteiger partial charge in [0.25, 0.3) is 5.91 Å². The number of hydrogen-bond acceptors (Lipinski definition) is 6. The van der Waals surface area contributed by atoms with E-state index in [1.54, 1.807) is 31.2 Å². The largest absolute Gasteiger partial charge is 0.482 e. The SMILES string of the molecule is Cc1nc(C2(NC(=O)COc3ccccc3C#N)CCCCC2)no1. The Hall–Kier alpha value is -2.88. The van der Waals surface area contributed by atoms with Crippen LogP contribution in [0.4, 0.5) is 0 Å². The van der Waals surface area contributed by atoms with Crippen LogP contribution in [0.25, 0.3) is 0 Å². The van der Waals surface area contributed by atoms with E-state index in [4.69, 9.17) is 14.5 Å². The number of carbonyl (C=O) groups excluding carboxylic acids is 1. The molecule has 1 N–H and O–H groups in total. The average molecular weight is 340 g/mol. The predicted octanol–water partition coefficient (Wildman–Crippen LogP) is 2.60. The van der Waals surface area contributed by atoms with E-state index in [2.05, 4.69) is 15.5 Å². The molecule has 7 heteroatoms. The summed E-state index contributed by atoms with van der Waals surface area (Å²) < 4.78 is 10.6. The number of hydrogen-bond donors (Lipinski definition) is 1. The second-order valence-electron chi connectivity index (χ2n) is 6.22. The molecule has 0 atom stereocenters. The van der Waals surface area contributed by atoms with Crippen LogP contribution < -0.4 is 10.1 Å². The maximum atomic E-state index is 12.5. The highest BCUT2D eigenvalue weighted by molar-refractivity contribution is 5.78. The minimum Gasteiger partial charge on any atom is -0.482 e. The van der Waals surface area contributed by atoms with Gasteiger partial charge < -0.3 is 14.6 Å². The maximum absolute atomic E-state index is 12.5. The molecule has 1 aliphatic carbocycles. The second-order valence-corrected chi connectivity index (χ2v) is 6.22. The Morgan fingerprint density at radius 3 is 2.80 bits per heavy atom. The molecule has 0 saturated heterocycles. The minimum absolute atomic E-state index is 0.169. The highest BCUT2D eigenvalue weighted by Crippen LogP contribution is 2.35. The van der Waals surface area contributed by atoms with Gasteiger partial charge in [-0.2, -0.15) is 10.2 Å². The molecule has 2 aromatic rings. The molecule has 25 heavy (non-hydrogen) atoms. The van der Waals surface area contributed by atoms with Gasteiger partial charge in [-0.15, -0.1) is 0 Å². The fourth-order valence-corrected chi connectivity index (χ4v) is 3.18. The molecule has 1 aliphatic rings. The third-order valence-corrected chi connectivity index (χ3v) is 4.41. The molecule has 0 radical (unpaired) electrons. The van der Waals surface area contributed by atoms with Gasteiger partial charge in [-0.05, 0) is 25.0 Å². The van der Waals surface area contributed by atoms with Crippen LogP contribution in [-0.2, 0) is 10.3 Å². The van der Waals surface area contributed by atoms with E-state index in [0.717, 1.165) is 32.1 Å². The summed E-state index contributed by atoms with van der Waals surface area (Å²) in [5, 5.41) is 16.1. The monoisotopic (exact) mass is 340 g/mol. The lowest BCUT2D eigenvalue weighted by atomic mass is 9.81. The van der Waals surface area contributed by atoms with Crippen LogP contribution in [0.3, 0.4) is 0 Å². The van der Waals surface area contributed by atoms with Gasteiger partial charge >= 0.3 is 0 Å². The fourth-order valence-electron chi connectivity index (χ4n) is 3.18. The van der Waals surface area contributed by atoms with Crippen molar-refractivity contribution in [3.63, 3.8) is 0 Å². The molecule has 0 spiro atoms. The van der Waals surface area contributed by atoms with Crippen LogP contribution in [0.5, 0.6) is 5.75 Å². The summed E-state index contributed by atoms with van der Waals surface area (Å²) in [4.78, 5) is 16.8. The van der Waals surface area contributed by atoms with Crippen LogP contribution in [0.1, 0.15) is 49.4 Å². The highest BCUT2D eigenvalue weighted by atomic mass is 16.5. The number of aromatic nitrogens is 2. The van der Waals surface area contributed by atoms with Crippen LogP contribution in [0.15, 0.2) is 28.8 Å². The third-order valence-electron chi connectivity index (χ3n) is 4.41. The van der Waals surface area contributed by atoms with Gasteiger partial charge in [0, 0.05) is 6.92 Å². The summed E-state index contributed by atoms with van der Waals surface area (Å²) in [6.45, 7) is 1.56. The summed E-state index contributed by atoms with van der Waals surface area (Å²) in [6, 6.07) is 8.88. The first-order valence-corrected chi connectivity index (χ1v) is 8.37. The number of amides is 1. The van der Waals surface area contributed by atoms with Crippen LogP contribution in [0, 0.1) is 18.3 Å². The molecule has 1 fully saturated rings. The van der Waals surface area contributed by atoms with E-state index >= 15 is 0 Å². The zero-order valence-corrected chi connectivity index (χ0v) is 14.1. The van der Waals surface area contributed by atoms with Gasteiger partial charge in [-0.25, -0.2) is 0 Å². The maximum Gasteiger partial charge on any atom is 0.258 e. The minimum atomic E-state index is -0.606. The molecule has 0 bridgehead atoms. The van der Waals surface area contributed by atoms with E-state index in [0.29, 0.717) is 23.0 Å². The topological polar surface area (TPSA) is 101 Å². The number of nitrogens with one attached hydrogen (secondary N) is 1. The van der Waals surface area contributed by atoms with Gasteiger partial charge in [0.1, 0.15) is 17.4 Å². The molecule has 1 amide bonds. The lowest BCUT2D eigenvalue weighted by molar-refractivity contribution is -0.125. The number of nitrogens with zero attached hydrogens (tertiary/aromatic N) is 3. The highest BCUT2D eigenvalue weighted by Gasteiger charge is 2.39. The number of nitriles is 1. The Labute approximate surface area is 146 Å². The zero-order valence-electron chi connectivity index (χ0n) is 14.1. The standard InChI is InChI=1S/C18H20N4O3/c1-13-20-17(22-25-13)18(9-5-2-6-10-18)21-16(23)12-24-15-8-4-3-7-14(15)11-19/h3-4,7-8H,2,5-6,9-10,12H2,1H3,(H,21,23). The lowest BCUT2D eigenvalue weighted by Crippen LogP contribution is -2.49. The number of ether oxygens (including phenoxy) is 1. The Kier molecular flexibility index (Phi) is 4.98. The Morgan fingerprint density at radius 2 is 2.12 bits per heavy atom. The molecule has 130 valence electrons. The molecule has 3 rings (SSSR count). The van der Waals surface area contributed by atoms with E-state index in [1.165, 1.54) is 0 Å². The first kappa shape index (κ1) is 17.0. The molecule has 1 aromatic heterocycles. The predicted molar refractivity (Wildman–Crippen MR) is 88.6 cm³/mol. The summed E-state index contributed by atoms with van der Waals surface area (Å²) >= 11 is 0. The quantitative estimate of drug-likeness (QED) is 0.898. The summed E-state index contributed by atoms with van der Waals surface area (Å²) in [7, 11) is 0. The van der Waals surface area contributed by atoms with E-state index in [9.17, 15) is 4.79 Å². The van der Waals surface area contributed by atoms with Crippen molar-refractivity contribution in [3.8, 4) is 11.8 Å². The van der Waals surface area contributed by atoms with E-state index in [-0.39, 0.29) is 12.5 Å². The number of aryl methyl sites for hydroxylation is 1. The van der Waals surface area contributed by atoms with E-state index < -0.39 is 5.54 Å². The van der Waals surface area contributed by atoms with Crippen molar-refractivity contribution in [1.29, 1.82) is 5.26 Å². The molecule has 1 aromatic carbocycles. The van der Waals surface area contributed by atoms with Gasteiger partial charge in [-0.1, -0.05) is 36.6 Å². The molecule has 1 heterocycles. The number of benzene rings is 1. The van der Waals surface area contributed by atoms with Crippen molar-refractivity contribution in [2.24, 2.45) is 0 Å². The molecule has 1 saturated carbocycles. The van der Waals surface area contributed by atoms with Crippen molar-refractivity contribution < 1.29 is 14.1 Å². The molecule has 0 aliphatic heterocycles. The summed E-state index contributed by atoms with van der Waals surface area (Å²) in [6.07, 6.45) is 4.65. The van der Waals surface area contributed by atoms with Crippen LogP contribution in [-0.4, -0.2) is 22.7 Å². The fraction of sp³-hybridized carbons (Fsp3) is 0.444. The van der Waals surface area contributed by atoms with Crippen molar-refractivity contribution >= 4 is 5.91 Å². The number of para-hydroxylation sites is 1. The third kappa shape index (κ3) is 3.79. The molecule has 7 nitrogen and oxygen atoms in total. The van der Waals surface area contributed by atoms with Gasteiger partial charge in [-0.3, -0.25) is 4.79 Å². The Morgan fingerprint density at radius 1 is 1.36 bits per heavy atom. The van der Waals surface area contributed by atoms with Crippen LogP contribution in [0.2, 0.25) is 0 Å². The molecular weight excluding hydrogens is 320 g/mol. The smallest absolute Gasteiger partial charge is 0.258 e. The Bertz CT molecular complexity index is 788. The first-order chi connectivity index (χ1) is 12.1. The van der Waals surface area contributed by atoms with Crippen LogP contribution >= 0.6 is 0 Å². The number of carbonyl (C=O) groups is 1. The zero-order chi connectivity index (χ0) is 17.7. The van der Waals surface area contributed by atoms with E-state index in [1.807, 2.05) is 6.07 Å². The van der Waals surface area contributed by atoms with Crippen molar-refractivity contribution in [2.75, 3.05) is 6.61 Å². The van der Waals surface area contributed by atoms with Gasteiger partial charge in [0.2, 0.25) is 5.89 Å². The van der Waals surface area contributed by atoms with Gasteiger partial charge in [0.05, 0.1) is 5.56 Å². The molecular formula is C18H20N4O3. The summed E-state index contributed by atoms with van der Waals surface area (Å²) in [5.74, 6) is 1.13. The average Bonchev–Trinajstić information content (AvgIpc) is 3.08. The van der Waals surface area contributed by atoms with Crippen molar-refractivity contribution in [3.05, 3.63) is 41.5 Å². The van der Waals surface area contributed by atoms with Crippen molar-refractivity contribution in [2.45, 2.75) is 44.6 Å². The first-order valence-electron chi connectivity index (χ1n) is 8.37. The number of rotatable bonds is 5. The summed E-state index contributed by atoms with van der Waals surface area (Å²) in [5.41, 5.74) is -0.206. The normalized spacial score (nSPS) is 16.0. The molecule has 0 unspecified atom stereocenters. The lowest BCUT2D eigenvalue weighted by Gasteiger charge is -2.35.